The minimum absolute atomic E-state index is 0.590. The van der Waals surface area contributed by atoms with Gasteiger partial charge >= 0.3 is 0 Å². The van der Waals surface area contributed by atoms with Gasteiger partial charge < -0.3 is 9.30 Å². The molecule has 4 nitrogen and oxygen atoms in total. The fourth-order valence-corrected chi connectivity index (χ4v) is 3.97. The molecule has 3 rings (SSSR count). The van der Waals surface area contributed by atoms with Gasteiger partial charge in [-0.2, -0.15) is 5.26 Å². The van der Waals surface area contributed by atoms with Gasteiger partial charge in [-0.1, -0.05) is 19.9 Å². The lowest BCUT2D eigenvalue weighted by atomic mass is 9.92. The van der Waals surface area contributed by atoms with Gasteiger partial charge in [-0.05, 0) is 44.6 Å². The molecule has 3 heterocycles. The number of hydrogen-bond donors (Lipinski definition) is 0. The minimum atomic E-state index is 0.590. The molecule has 0 radical (unpaired) electrons. The summed E-state index contributed by atoms with van der Waals surface area (Å²) in [7, 11) is 2.20. The van der Waals surface area contributed by atoms with Crippen molar-refractivity contribution in [1.29, 1.82) is 5.26 Å². The Hall–Kier alpha value is -1.83. The maximum atomic E-state index is 9.56. The lowest BCUT2D eigenvalue weighted by molar-refractivity contribution is 0.0787. The van der Waals surface area contributed by atoms with Gasteiger partial charge in [-0.25, -0.2) is 0 Å². The largest absolute Gasteiger partial charge is 0.322 e. The van der Waals surface area contributed by atoms with E-state index in [0.29, 0.717) is 12.0 Å². The second kappa shape index (κ2) is 6.74. The number of fused-ring (bicyclic) bond motifs is 1. The average Bonchev–Trinajstić information content (AvgIpc) is 2.91. The van der Waals surface area contributed by atoms with Gasteiger partial charge in [0.25, 0.3) is 0 Å². The molecule has 0 bridgehead atoms. The maximum Gasteiger partial charge on any atom is 0.102 e. The summed E-state index contributed by atoms with van der Waals surface area (Å²) in [4.78, 5) is 4.97. The smallest absolute Gasteiger partial charge is 0.102 e. The molecule has 1 fully saturated rings. The van der Waals surface area contributed by atoms with E-state index in [2.05, 4.69) is 47.4 Å². The van der Waals surface area contributed by atoms with Crippen LogP contribution in [0.4, 0.5) is 0 Å². The first-order chi connectivity index (χ1) is 11.1. The number of likely N-dealkylation sites (tertiary alicyclic amines) is 1. The van der Waals surface area contributed by atoms with Crippen molar-refractivity contribution in [2.24, 2.45) is 5.92 Å². The van der Waals surface area contributed by atoms with Crippen LogP contribution in [0.15, 0.2) is 30.6 Å². The Morgan fingerprint density at radius 3 is 2.91 bits per heavy atom. The van der Waals surface area contributed by atoms with E-state index in [1.807, 2.05) is 24.4 Å². The number of pyridine rings is 1. The predicted molar refractivity (Wildman–Crippen MR) is 93.3 cm³/mol. The molecule has 0 aromatic carbocycles. The molecule has 0 amide bonds. The van der Waals surface area contributed by atoms with Crippen LogP contribution < -0.4 is 0 Å². The van der Waals surface area contributed by atoms with E-state index in [9.17, 15) is 5.26 Å². The van der Waals surface area contributed by atoms with Crippen molar-refractivity contribution in [3.63, 3.8) is 0 Å². The van der Waals surface area contributed by atoms with Gasteiger partial charge in [-0.3, -0.25) is 4.90 Å². The second-order valence-corrected chi connectivity index (χ2v) is 6.78. The third-order valence-electron chi connectivity index (χ3n) is 5.25. The summed E-state index contributed by atoms with van der Waals surface area (Å²) in [5.74, 6) is 0.663. The maximum absolute atomic E-state index is 9.56. The number of nitrogens with zero attached hydrogens (tertiary/aromatic N) is 4. The molecule has 2 unspecified atom stereocenters. The van der Waals surface area contributed by atoms with Crippen molar-refractivity contribution in [2.45, 2.75) is 32.9 Å². The summed E-state index contributed by atoms with van der Waals surface area (Å²) in [6.45, 7) is 8.93. The van der Waals surface area contributed by atoms with Crippen LogP contribution >= 0.6 is 0 Å². The molecular formula is C19H26N4. The highest BCUT2D eigenvalue weighted by molar-refractivity contribution is 5.65. The normalized spacial score (nSPS) is 22.6. The van der Waals surface area contributed by atoms with Crippen molar-refractivity contribution < 1.29 is 0 Å². The Morgan fingerprint density at radius 1 is 1.39 bits per heavy atom. The Balaban J connectivity index is 1.78. The number of rotatable bonds is 4. The standard InChI is InChI=1S/C19H26N4/c1-4-22-10-8-18(15(2)12-22)21(3)13-16-14-23-9-6-5-7-19(23)17(16)11-20/h5-7,9,14-15,18H,4,8,10,12-13H2,1-3H3. The Bertz CT molecular complexity index is 712. The first-order valence-electron chi connectivity index (χ1n) is 8.55. The molecule has 1 aliphatic rings. The molecule has 122 valence electrons. The highest BCUT2D eigenvalue weighted by Gasteiger charge is 2.28. The summed E-state index contributed by atoms with van der Waals surface area (Å²) in [6, 6.07) is 9.00. The molecule has 0 N–H and O–H groups in total. The number of aromatic nitrogens is 1. The molecule has 2 aromatic rings. The van der Waals surface area contributed by atoms with Crippen molar-refractivity contribution in [2.75, 3.05) is 26.7 Å². The Labute approximate surface area is 138 Å². The van der Waals surface area contributed by atoms with Crippen LogP contribution in [0.3, 0.4) is 0 Å². The molecule has 23 heavy (non-hydrogen) atoms. The van der Waals surface area contributed by atoms with Crippen LogP contribution in [0.5, 0.6) is 0 Å². The van der Waals surface area contributed by atoms with Gasteiger partial charge in [0.15, 0.2) is 0 Å². The molecule has 1 saturated heterocycles. The van der Waals surface area contributed by atoms with Gasteiger partial charge in [0.1, 0.15) is 6.07 Å². The van der Waals surface area contributed by atoms with E-state index in [4.69, 9.17) is 0 Å². The van der Waals surface area contributed by atoms with Crippen molar-refractivity contribution in [3.05, 3.63) is 41.7 Å². The molecule has 2 atom stereocenters. The Morgan fingerprint density at radius 2 is 2.22 bits per heavy atom. The van der Waals surface area contributed by atoms with E-state index in [0.717, 1.165) is 29.7 Å². The third-order valence-corrected chi connectivity index (χ3v) is 5.25. The third kappa shape index (κ3) is 3.12. The lowest BCUT2D eigenvalue weighted by Gasteiger charge is -2.41. The highest BCUT2D eigenvalue weighted by atomic mass is 15.2. The molecule has 4 heteroatoms. The molecular weight excluding hydrogens is 284 g/mol. The number of piperidine rings is 1. The van der Waals surface area contributed by atoms with Crippen molar-refractivity contribution in [1.82, 2.24) is 14.2 Å². The minimum Gasteiger partial charge on any atom is -0.322 e. The fourth-order valence-electron chi connectivity index (χ4n) is 3.97. The Kier molecular flexibility index (Phi) is 4.70. The van der Waals surface area contributed by atoms with E-state index < -0.39 is 0 Å². The van der Waals surface area contributed by atoms with E-state index in [-0.39, 0.29) is 0 Å². The number of nitriles is 1. The van der Waals surface area contributed by atoms with Gasteiger partial charge in [0, 0.05) is 37.1 Å². The molecule has 0 aliphatic carbocycles. The van der Waals surface area contributed by atoms with Gasteiger partial charge in [0.2, 0.25) is 0 Å². The quantitative estimate of drug-likeness (QED) is 0.871. The van der Waals surface area contributed by atoms with Crippen LogP contribution in [0.2, 0.25) is 0 Å². The van der Waals surface area contributed by atoms with Gasteiger partial charge in [0.05, 0.1) is 11.1 Å². The first kappa shape index (κ1) is 16.0. The summed E-state index contributed by atoms with van der Waals surface area (Å²) >= 11 is 0. The van der Waals surface area contributed by atoms with Crippen LogP contribution in [0.25, 0.3) is 5.52 Å². The van der Waals surface area contributed by atoms with E-state index >= 15 is 0 Å². The predicted octanol–water partition coefficient (Wildman–Crippen LogP) is 2.97. The van der Waals surface area contributed by atoms with Crippen molar-refractivity contribution in [3.8, 4) is 6.07 Å². The fraction of sp³-hybridized carbons (Fsp3) is 0.526. The SMILES string of the molecule is CCN1CCC(N(C)Cc2cn3ccccc3c2C#N)C(C)C1. The topological polar surface area (TPSA) is 34.7 Å². The van der Waals surface area contributed by atoms with E-state index in [1.165, 1.54) is 19.5 Å². The summed E-state index contributed by atoms with van der Waals surface area (Å²) in [6.07, 6.45) is 5.33. The zero-order chi connectivity index (χ0) is 16.4. The zero-order valence-electron chi connectivity index (χ0n) is 14.4. The lowest BCUT2D eigenvalue weighted by Crippen LogP contribution is -2.48. The second-order valence-electron chi connectivity index (χ2n) is 6.78. The molecule has 2 aromatic heterocycles. The summed E-state index contributed by atoms with van der Waals surface area (Å²) in [5, 5.41) is 9.56. The highest BCUT2D eigenvalue weighted by Crippen LogP contribution is 2.25. The van der Waals surface area contributed by atoms with Crippen LogP contribution in [0.1, 0.15) is 31.4 Å². The van der Waals surface area contributed by atoms with Gasteiger partial charge in [-0.15, -0.1) is 0 Å². The van der Waals surface area contributed by atoms with Crippen LogP contribution in [-0.4, -0.2) is 46.9 Å². The van der Waals surface area contributed by atoms with Crippen molar-refractivity contribution >= 4 is 5.52 Å². The van der Waals surface area contributed by atoms with Crippen LogP contribution in [0, 0.1) is 17.2 Å². The summed E-state index contributed by atoms with van der Waals surface area (Å²) < 4.78 is 2.06. The zero-order valence-corrected chi connectivity index (χ0v) is 14.4. The van der Waals surface area contributed by atoms with E-state index in [1.54, 1.807) is 0 Å². The monoisotopic (exact) mass is 310 g/mol. The number of hydrogen-bond acceptors (Lipinski definition) is 3. The average molecular weight is 310 g/mol. The summed E-state index contributed by atoms with van der Waals surface area (Å²) in [5.41, 5.74) is 2.95. The molecule has 0 saturated carbocycles. The first-order valence-corrected chi connectivity index (χ1v) is 8.55. The molecule has 0 spiro atoms. The molecule has 1 aliphatic heterocycles. The van der Waals surface area contributed by atoms with Crippen LogP contribution in [-0.2, 0) is 6.54 Å².